The fraction of sp³-hybridized carbons (Fsp3) is 0.118. The Morgan fingerprint density at radius 1 is 1.00 bits per heavy atom. The minimum absolute atomic E-state index is 0.00973. The summed E-state index contributed by atoms with van der Waals surface area (Å²) in [6.07, 6.45) is -5.02. The summed E-state index contributed by atoms with van der Waals surface area (Å²) >= 11 is 9.11. The van der Waals surface area contributed by atoms with Crippen LogP contribution in [-0.4, -0.2) is 30.6 Å². The van der Waals surface area contributed by atoms with E-state index in [4.69, 9.17) is 16.3 Å². The lowest BCUT2D eigenvalue weighted by atomic mass is 10.2. The first-order chi connectivity index (χ1) is 13.1. The average Bonchev–Trinajstić information content (AvgIpc) is 2.62. The summed E-state index contributed by atoms with van der Waals surface area (Å²) in [6.45, 7) is -0.584. The van der Waals surface area contributed by atoms with Crippen molar-refractivity contribution in [3.8, 4) is 0 Å². The Hall–Kier alpha value is -2.59. The van der Waals surface area contributed by atoms with E-state index in [0.29, 0.717) is 15.2 Å². The average molecular weight is 480 g/mol. The van der Waals surface area contributed by atoms with Gasteiger partial charge in [0.2, 0.25) is 0 Å². The van der Waals surface area contributed by atoms with Gasteiger partial charge in [-0.15, -0.1) is 0 Å². The zero-order chi connectivity index (χ0) is 20.9. The van der Waals surface area contributed by atoms with Gasteiger partial charge in [0, 0.05) is 15.8 Å². The molecule has 0 aromatic heterocycles. The summed E-state index contributed by atoms with van der Waals surface area (Å²) in [4.78, 5) is 34.5. The van der Waals surface area contributed by atoms with E-state index in [9.17, 15) is 27.6 Å². The van der Waals surface area contributed by atoms with Gasteiger partial charge in [0.1, 0.15) is 0 Å². The number of nitrogens with one attached hydrogen (secondary N) is 2. The fourth-order valence-corrected chi connectivity index (χ4v) is 2.30. The van der Waals surface area contributed by atoms with Crippen LogP contribution in [-0.2, 0) is 14.3 Å². The maximum absolute atomic E-state index is 12.2. The van der Waals surface area contributed by atoms with Crippen molar-refractivity contribution >= 4 is 56.7 Å². The molecular weight excluding hydrogens is 469 g/mol. The van der Waals surface area contributed by atoms with Crippen molar-refractivity contribution in [3.05, 3.63) is 57.5 Å². The third kappa shape index (κ3) is 6.24. The van der Waals surface area contributed by atoms with Crippen molar-refractivity contribution in [2.75, 3.05) is 17.2 Å². The third-order valence-corrected chi connectivity index (χ3v) is 4.41. The first-order valence-electron chi connectivity index (χ1n) is 7.46. The van der Waals surface area contributed by atoms with Crippen molar-refractivity contribution in [3.63, 3.8) is 0 Å². The summed E-state index contributed by atoms with van der Waals surface area (Å²) in [5, 5.41) is 4.51. The highest BCUT2D eigenvalue weighted by atomic mass is 79.9. The minimum atomic E-state index is -5.02. The number of ether oxygens (including phenoxy) is 1. The molecule has 2 N–H and O–H groups in total. The number of halogens is 5. The number of alkyl halides is 3. The van der Waals surface area contributed by atoms with Crippen molar-refractivity contribution in [1.82, 2.24) is 0 Å². The van der Waals surface area contributed by atoms with Crippen LogP contribution in [0, 0.1) is 0 Å². The van der Waals surface area contributed by atoms with Gasteiger partial charge in [-0.3, -0.25) is 9.59 Å². The predicted molar refractivity (Wildman–Crippen MR) is 99.2 cm³/mol. The lowest BCUT2D eigenvalue weighted by molar-refractivity contribution is -0.167. The van der Waals surface area contributed by atoms with E-state index in [-0.39, 0.29) is 11.3 Å². The highest BCUT2D eigenvalue weighted by molar-refractivity contribution is 9.10. The smallest absolute Gasteiger partial charge is 0.452 e. The molecule has 0 saturated carbocycles. The molecule has 0 bridgehead atoms. The molecule has 0 fully saturated rings. The van der Waals surface area contributed by atoms with Crippen molar-refractivity contribution in [1.29, 1.82) is 0 Å². The summed E-state index contributed by atoms with van der Waals surface area (Å²) < 4.78 is 42.0. The molecule has 2 aromatic carbocycles. The van der Waals surface area contributed by atoms with E-state index in [0.717, 1.165) is 24.3 Å². The number of anilines is 2. The van der Waals surface area contributed by atoms with Gasteiger partial charge in [-0.2, -0.15) is 13.2 Å². The highest BCUT2D eigenvalue weighted by Crippen LogP contribution is 2.25. The Labute approximate surface area is 170 Å². The molecule has 0 radical (unpaired) electrons. The Morgan fingerprint density at radius 3 is 2.18 bits per heavy atom. The van der Waals surface area contributed by atoms with Gasteiger partial charge >= 0.3 is 18.1 Å². The molecular formula is C17H11BrClF3N2O4. The van der Waals surface area contributed by atoms with Crippen LogP contribution in [0.3, 0.4) is 0 Å². The first-order valence-corrected chi connectivity index (χ1v) is 8.63. The summed E-state index contributed by atoms with van der Waals surface area (Å²) in [5.41, 5.74) is 0.243. The van der Waals surface area contributed by atoms with E-state index in [1.54, 1.807) is 17.4 Å². The largest absolute Gasteiger partial charge is 0.471 e. The maximum atomic E-state index is 12.2. The van der Waals surface area contributed by atoms with Crippen LogP contribution in [0.15, 0.2) is 46.9 Å². The van der Waals surface area contributed by atoms with Crippen LogP contribution in [0.4, 0.5) is 24.5 Å². The zero-order valence-electron chi connectivity index (χ0n) is 13.8. The molecule has 0 atom stereocenters. The van der Waals surface area contributed by atoms with Gasteiger partial charge in [0.25, 0.3) is 5.91 Å². The van der Waals surface area contributed by atoms with Crippen LogP contribution in [0.1, 0.15) is 10.4 Å². The molecule has 2 rings (SSSR count). The topological polar surface area (TPSA) is 84.5 Å². The van der Waals surface area contributed by atoms with Crippen LogP contribution in [0.25, 0.3) is 0 Å². The number of hydrogen-bond acceptors (Lipinski definition) is 4. The van der Waals surface area contributed by atoms with Crippen molar-refractivity contribution in [2.45, 2.75) is 6.18 Å². The third-order valence-electron chi connectivity index (χ3n) is 3.17. The second-order valence-electron chi connectivity index (χ2n) is 5.28. The van der Waals surface area contributed by atoms with Crippen molar-refractivity contribution in [2.24, 2.45) is 0 Å². The number of rotatable bonds is 5. The molecule has 28 heavy (non-hydrogen) atoms. The number of benzene rings is 2. The normalized spacial score (nSPS) is 10.9. The standard InChI is InChI=1S/C17H11BrClF3N2O4/c18-12-6-5-11(7-13(12)19)23-14(25)8-28-15(26)9-1-3-10(4-2-9)24-16(27)17(20,21)22/h1-7H,8H2,(H,23,25)(H,24,27). The van der Waals surface area contributed by atoms with Gasteiger partial charge in [-0.1, -0.05) is 11.6 Å². The zero-order valence-corrected chi connectivity index (χ0v) is 16.1. The molecule has 0 aliphatic rings. The number of carbonyl (C=O) groups excluding carboxylic acids is 3. The molecule has 2 amide bonds. The van der Waals surface area contributed by atoms with Crippen molar-refractivity contribution < 1.29 is 32.3 Å². The molecule has 0 saturated heterocycles. The molecule has 0 unspecified atom stereocenters. The Balaban J connectivity index is 1.87. The molecule has 2 aromatic rings. The summed E-state index contributed by atoms with van der Waals surface area (Å²) in [6, 6.07) is 9.22. The maximum Gasteiger partial charge on any atom is 0.471 e. The number of amides is 2. The van der Waals surface area contributed by atoms with E-state index in [1.807, 2.05) is 0 Å². The van der Waals surface area contributed by atoms with Gasteiger partial charge in [-0.05, 0) is 58.4 Å². The molecule has 11 heteroatoms. The molecule has 148 valence electrons. The van der Waals surface area contributed by atoms with E-state index in [2.05, 4.69) is 21.2 Å². The number of carbonyl (C=O) groups is 3. The predicted octanol–water partition coefficient (Wildman–Crippen LogP) is 4.40. The van der Waals surface area contributed by atoms with Crippen LogP contribution in [0.2, 0.25) is 5.02 Å². The number of esters is 1. The van der Waals surface area contributed by atoms with E-state index >= 15 is 0 Å². The highest BCUT2D eigenvalue weighted by Gasteiger charge is 2.38. The van der Waals surface area contributed by atoms with E-state index in [1.165, 1.54) is 6.07 Å². The molecule has 6 nitrogen and oxygen atoms in total. The Kier molecular flexibility index (Phi) is 7.03. The van der Waals surface area contributed by atoms with Gasteiger partial charge in [-0.25, -0.2) is 4.79 Å². The fourth-order valence-electron chi connectivity index (χ4n) is 1.88. The first kappa shape index (κ1) is 21.7. The molecule has 0 aliphatic heterocycles. The minimum Gasteiger partial charge on any atom is -0.452 e. The molecule has 0 aliphatic carbocycles. The quantitative estimate of drug-likeness (QED) is 0.623. The Bertz CT molecular complexity index is 904. The molecule has 0 heterocycles. The summed E-state index contributed by atoms with van der Waals surface area (Å²) in [7, 11) is 0. The summed E-state index contributed by atoms with van der Waals surface area (Å²) in [5.74, 6) is -3.61. The van der Waals surface area contributed by atoms with Crippen LogP contribution < -0.4 is 10.6 Å². The van der Waals surface area contributed by atoms with Crippen LogP contribution in [0.5, 0.6) is 0 Å². The second-order valence-corrected chi connectivity index (χ2v) is 6.54. The SMILES string of the molecule is O=C(COC(=O)c1ccc(NC(=O)C(F)(F)F)cc1)Nc1ccc(Br)c(Cl)c1. The number of hydrogen-bond donors (Lipinski definition) is 2. The second kappa shape index (κ2) is 9.07. The lowest BCUT2D eigenvalue weighted by Crippen LogP contribution is -2.29. The van der Waals surface area contributed by atoms with Gasteiger partial charge < -0.3 is 15.4 Å². The van der Waals surface area contributed by atoms with Crippen LogP contribution >= 0.6 is 27.5 Å². The van der Waals surface area contributed by atoms with Gasteiger partial charge in [0.05, 0.1) is 10.6 Å². The van der Waals surface area contributed by atoms with Gasteiger partial charge in [0.15, 0.2) is 6.61 Å². The molecule has 0 spiro atoms. The Morgan fingerprint density at radius 2 is 1.61 bits per heavy atom. The van der Waals surface area contributed by atoms with E-state index < -0.39 is 30.6 Å². The monoisotopic (exact) mass is 478 g/mol. The lowest BCUT2D eigenvalue weighted by Gasteiger charge is -2.09.